The quantitative estimate of drug-likeness (QED) is 0.462. The second-order valence-corrected chi connectivity index (χ2v) is 5.22. The molecule has 0 saturated carbocycles. The van der Waals surface area contributed by atoms with Gasteiger partial charge in [-0.1, -0.05) is 11.6 Å². The molecule has 0 fully saturated rings. The third-order valence-corrected chi connectivity index (χ3v) is 3.52. The van der Waals surface area contributed by atoms with Gasteiger partial charge in [0.25, 0.3) is 0 Å². The van der Waals surface area contributed by atoms with Gasteiger partial charge in [0, 0.05) is 28.8 Å². The highest BCUT2D eigenvalue weighted by atomic mass is 127. The minimum atomic E-state index is 0. The van der Waals surface area contributed by atoms with Crippen molar-refractivity contribution in [2.45, 2.75) is 0 Å². The van der Waals surface area contributed by atoms with Crippen molar-refractivity contribution in [3.05, 3.63) is 77.3 Å². The highest BCUT2D eigenvalue weighted by molar-refractivity contribution is 6.30. The molecular weight excluding hydrogens is 409 g/mol. The molecule has 0 amide bonds. The SMILES string of the molecule is C[n+]1ccccc1/C=C/c1ccc(-c2ccc(Cl)cc2)o1.[I-]. The first-order valence-corrected chi connectivity index (χ1v) is 7.09. The highest BCUT2D eigenvalue weighted by Crippen LogP contribution is 2.24. The van der Waals surface area contributed by atoms with Gasteiger partial charge in [-0.3, -0.25) is 0 Å². The fourth-order valence-corrected chi connectivity index (χ4v) is 2.21. The Labute approximate surface area is 152 Å². The van der Waals surface area contributed by atoms with E-state index in [9.17, 15) is 0 Å². The van der Waals surface area contributed by atoms with Crippen LogP contribution in [0.3, 0.4) is 0 Å². The first-order valence-electron chi connectivity index (χ1n) is 6.71. The lowest BCUT2D eigenvalue weighted by Crippen LogP contribution is -3.00. The number of nitrogens with zero attached hydrogens (tertiary/aromatic N) is 1. The Morgan fingerprint density at radius 3 is 2.45 bits per heavy atom. The van der Waals surface area contributed by atoms with Gasteiger partial charge in [0.15, 0.2) is 6.20 Å². The van der Waals surface area contributed by atoms with E-state index in [1.54, 1.807) is 0 Å². The molecule has 2 heterocycles. The topological polar surface area (TPSA) is 17.0 Å². The largest absolute Gasteiger partial charge is 1.00 e. The summed E-state index contributed by atoms with van der Waals surface area (Å²) in [5, 5.41) is 0.724. The summed E-state index contributed by atoms with van der Waals surface area (Å²) in [5.41, 5.74) is 2.13. The number of rotatable bonds is 3. The van der Waals surface area contributed by atoms with Crippen molar-refractivity contribution in [1.82, 2.24) is 0 Å². The minimum Gasteiger partial charge on any atom is -1.00 e. The van der Waals surface area contributed by atoms with Crippen molar-refractivity contribution in [3.8, 4) is 11.3 Å². The van der Waals surface area contributed by atoms with Crippen molar-refractivity contribution < 1.29 is 33.0 Å². The van der Waals surface area contributed by atoms with Crippen LogP contribution in [0.4, 0.5) is 0 Å². The molecule has 0 N–H and O–H groups in total. The lowest BCUT2D eigenvalue weighted by atomic mass is 10.2. The molecule has 112 valence electrons. The Balaban J connectivity index is 0.00000176. The van der Waals surface area contributed by atoms with E-state index in [2.05, 4.69) is 10.6 Å². The van der Waals surface area contributed by atoms with Crippen LogP contribution in [0.5, 0.6) is 0 Å². The number of aromatic nitrogens is 1. The Bertz CT molecular complexity index is 778. The highest BCUT2D eigenvalue weighted by Gasteiger charge is 2.04. The summed E-state index contributed by atoms with van der Waals surface area (Å²) in [7, 11) is 2.01. The van der Waals surface area contributed by atoms with Crippen molar-refractivity contribution in [1.29, 1.82) is 0 Å². The third kappa shape index (κ3) is 3.99. The van der Waals surface area contributed by atoms with E-state index in [4.69, 9.17) is 16.0 Å². The van der Waals surface area contributed by atoms with Gasteiger partial charge in [-0.2, -0.15) is 0 Å². The number of pyridine rings is 1. The molecule has 2 nitrogen and oxygen atoms in total. The first kappa shape index (κ1) is 16.8. The molecule has 0 aliphatic heterocycles. The van der Waals surface area contributed by atoms with Crippen LogP contribution in [-0.4, -0.2) is 0 Å². The van der Waals surface area contributed by atoms with Gasteiger partial charge in [0.1, 0.15) is 18.6 Å². The Morgan fingerprint density at radius 1 is 0.955 bits per heavy atom. The average molecular weight is 424 g/mol. The zero-order valence-electron chi connectivity index (χ0n) is 12.0. The van der Waals surface area contributed by atoms with Gasteiger partial charge < -0.3 is 28.4 Å². The molecule has 0 unspecified atom stereocenters. The van der Waals surface area contributed by atoms with Crippen molar-refractivity contribution >= 4 is 23.8 Å². The number of hydrogen-bond donors (Lipinski definition) is 0. The third-order valence-electron chi connectivity index (χ3n) is 3.27. The van der Waals surface area contributed by atoms with E-state index in [-0.39, 0.29) is 24.0 Å². The second-order valence-electron chi connectivity index (χ2n) is 4.78. The van der Waals surface area contributed by atoms with Crippen molar-refractivity contribution in [3.63, 3.8) is 0 Å². The Morgan fingerprint density at radius 2 is 1.73 bits per heavy atom. The zero-order chi connectivity index (χ0) is 14.7. The molecule has 3 aromatic rings. The first-order chi connectivity index (χ1) is 10.2. The molecule has 0 saturated heterocycles. The van der Waals surface area contributed by atoms with Crippen LogP contribution in [0.2, 0.25) is 5.02 Å². The molecule has 22 heavy (non-hydrogen) atoms. The summed E-state index contributed by atoms with van der Waals surface area (Å²) in [6, 6.07) is 17.6. The van der Waals surface area contributed by atoms with Crippen LogP contribution in [-0.2, 0) is 7.05 Å². The maximum Gasteiger partial charge on any atom is 0.205 e. The molecule has 0 bridgehead atoms. The molecular formula is C18H15ClINO. The van der Waals surface area contributed by atoms with Crippen LogP contribution in [0, 0.1) is 0 Å². The van der Waals surface area contributed by atoms with E-state index in [0.717, 1.165) is 27.8 Å². The molecule has 2 aromatic heterocycles. The summed E-state index contributed by atoms with van der Waals surface area (Å²) in [4.78, 5) is 0. The monoisotopic (exact) mass is 423 g/mol. The van der Waals surface area contributed by atoms with Gasteiger partial charge in [-0.25, -0.2) is 4.57 Å². The maximum absolute atomic E-state index is 5.89. The lowest BCUT2D eigenvalue weighted by molar-refractivity contribution is -0.673. The predicted octanol–water partition coefficient (Wildman–Crippen LogP) is 1.60. The Hall–Kier alpha value is -1.59. The van der Waals surface area contributed by atoms with Gasteiger partial charge >= 0.3 is 0 Å². The fourth-order valence-electron chi connectivity index (χ4n) is 2.09. The summed E-state index contributed by atoms with van der Waals surface area (Å²) >= 11 is 5.89. The normalized spacial score (nSPS) is 10.6. The van der Waals surface area contributed by atoms with E-state index >= 15 is 0 Å². The van der Waals surface area contributed by atoms with Gasteiger partial charge in [-0.15, -0.1) is 0 Å². The van der Waals surface area contributed by atoms with Crippen LogP contribution < -0.4 is 28.5 Å². The van der Waals surface area contributed by atoms with Crippen LogP contribution in [0.25, 0.3) is 23.5 Å². The Kier molecular flexibility index (Phi) is 5.80. The zero-order valence-corrected chi connectivity index (χ0v) is 15.0. The molecule has 0 aliphatic rings. The number of aryl methyl sites for hydroxylation is 1. The lowest BCUT2D eigenvalue weighted by Gasteiger charge is -1.96. The summed E-state index contributed by atoms with van der Waals surface area (Å²) in [5.74, 6) is 1.66. The molecule has 0 radical (unpaired) electrons. The molecule has 0 spiro atoms. The van der Waals surface area contributed by atoms with Crippen LogP contribution >= 0.6 is 11.6 Å². The summed E-state index contributed by atoms with van der Waals surface area (Å²) in [6.45, 7) is 0. The van der Waals surface area contributed by atoms with Crippen molar-refractivity contribution in [2.24, 2.45) is 7.05 Å². The maximum atomic E-state index is 5.89. The van der Waals surface area contributed by atoms with E-state index in [0.29, 0.717) is 0 Å². The number of hydrogen-bond acceptors (Lipinski definition) is 1. The molecule has 1 aromatic carbocycles. The van der Waals surface area contributed by atoms with Gasteiger partial charge in [0.05, 0.1) is 0 Å². The summed E-state index contributed by atoms with van der Waals surface area (Å²) < 4.78 is 7.89. The molecule has 0 atom stereocenters. The van der Waals surface area contributed by atoms with Crippen LogP contribution in [0.15, 0.2) is 65.2 Å². The number of benzene rings is 1. The molecule has 0 aliphatic carbocycles. The fraction of sp³-hybridized carbons (Fsp3) is 0.0556. The van der Waals surface area contributed by atoms with Crippen molar-refractivity contribution in [2.75, 3.05) is 0 Å². The van der Waals surface area contributed by atoms with Gasteiger partial charge in [-0.05, 0) is 48.5 Å². The van der Waals surface area contributed by atoms with Gasteiger partial charge in [0.2, 0.25) is 5.69 Å². The standard InChI is InChI=1S/C18H15ClNO.HI/c1-20-13-3-2-4-16(20)9-10-17-11-12-18(21-17)14-5-7-15(19)8-6-14;/h2-13H,1H3;1H/q+1;/p-1/b10-9+;. The average Bonchev–Trinajstić information content (AvgIpc) is 2.96. The predicted molar refractivity (Wildman–Crippen MR) is 85.7 cm³/mol. The van der Waals surface area contributed by atoms with E-state index < -0.39 is 0 Å². The molecule has 3 rings (SSSR count). The van der Waals surface area contributed by atoms with E-state index in [1.165, 1.54) is 0 Å². The van der Waals surface area contributed by atoms with E-state index in [1.807, 2.05) is 73.9 Å². The molecule has 4 heteroatoms. The number of halogens is 2. The smallest absolute Gasteiger partial charge is 0.205 e. The minimum absolute atomic E-state index is 0. The number of furan rings is 1. The van der Waals surface area contributed by atoms with Crippen LogP contribution in [0.1, 0.15) is 11.5 Å². The summed E-state index contributed by atoms with van der Waals surface area (Å²) in [6.07, 6.45) is 6.01. The second kappa shape index (κ2) is 7.61.